The first-order chi connectivity index (χ1) is 20.0. The van der Waals surface area contributed by atoms with E-state index in [-0.39, 0.29) is 36.2 Å². The first kappa shape index (κ1) is 33.0. The van der Waals surface area contributed by atoms with Crippen molar-refractivity contribution in [2.24, 2.45) is 17.0 Å². The Morgan fingerprint density at radius 1 is 1.07 bits per heavy atom. The molecule has 2 aromatic rings. The van der Waals surface area contributed by atoms with Gasteiger partial charge in [0.25, 0.3) is 0 Å². The van der Waals surface area contributed by atoms with Crippen LogP contribution in [0.15, 0.2) is 64.6 Å². The van der Waals surface area contributed by atoms with E-state index >= 15 is 0 Å². The number of nitrogens with one attached hydrogen (secondary N) is 2. The van der Waals surface area contributed by atoms with Crippen LogP contribution in [0.2, 0.25) is 0 Å². The van der Waals surface area contributed by atoms with Crippen molar-refractivity contribution in [3.63, 3.8) is 0 Å². The number of aliphatic hydroxyl groups is 1. The van der Waals surface area contributed by atoms with Crippen LogP contribution in [0, 0.1) is 11.8 Å². The molecule has 1 aliphatic rings. The van der Waals surface area contributed by atoms with Gasteiger partial charge in [-0.2, -0.15) is 4.31 Å². The number of hydrogen-bond acceptors (Lipinski definition) is 7. The summed E-state index contributed by atoms with van der Waals surface area (Å²) in [5, 5.41) is 37.7. The number of sulfonamides is 1. The lowest BCUT2D eigenvalue weighted by atomic mass is 9.96. The van der Waals surface area contributed by atoms with Crippen molar-refractivity contribution in [3.05, 3.63) is 65.7 Å². The summed E-state index contributed by atoms with van der Waals surface area (Å²) in [6.45, 7) is 3.56. The molecule has 42 heavy (non-hydrogen) atoms. The number of carbonyl (C=O) groups is 2. The largest absolute Gasteiger partial charge is 0.465 e. The molecule has 2 amide bonds. The van der Waals surface area contributed by atoms with Gasteiger partial charge in [-0.1, -0.05) is 80.7 Å². The van der Waals surface area contributed by atoms with Crippen molar-refractivity contribution in [1.29, 1.82) is 0 Å². The minimum Gasteiger partial charge on any atom is -0.465 e. The number of rotatable bonds is 15. The third-order valence-corrected chi connectivity index (χ3v) is 9.76. The van der Waals surface area contributed by atoms with Gasteiger partial charge in [0.2, 0.25) is 15.9 Å². The van der Waals surface area contributed by atoms with Crippen molar-refractivity contribution in [2.75, 3.05) is 13.1 Å². The molecule has 2 aromatic carbocycles. The zero-order chi connectivity index (χ0) is 30.7. The maximum atomic E-state index is 13.9. The second-order valence-corrected chi connectivity index (χ2v) is 12.9. The van der Waals surface area contributed by atoms with Gasteiger partial charge in [0.1, 0.15) is 6.04 Å². The quantitative estimate of drug-likeness (QED) is 0.118. The van der Waals surface area contributed by atoms with E-state index in [4.69, 9.17) is 5.21 Å². The number of nitrogens with zero attached hydrogens (tertiary/aromatic N) is 2. The molecule has 0 spiro atoms. The molecule has 1 saturated carbocycles. The molecule has 5 N–H and O–H groups in total. The van der Waals surface area contributed by atoms with Crippen molar-refractivity contribution in [3.8, 4) is 0 Å². The van der Waals surface area contributed by atoms with Crippen LogP contribution in [-0.4, -0.2) is 77.6 Å². The Balaban J connectivity index is 1.91. The Morgan fingerprint density at radius 3 is 2.29 bits per heavy atom. The topological polar surface area (TPSA) is 169 Å². The van der Waals surface area contributed by atoms with Crippen molar-refractivity contribution >= 4 is 28.2 Å². The van der Waals surface area contributed by atoms with E-state index in [9.17, 15) is 28.2 Å². The molecule has 4 atom stereocenters. The number of carbonyl (C=O) groups excluding carboxylic acids is 1. The van der Waals surface area contributed by atoms with Gasteiger partial charge >= 0.3 is 6.09 Å². The zero-order valence-electron chi connectivity index (χ0n) is 24.1. The zero-order valence-corrected chi connectivity index (χ0v) is 24.9. The fraction of sp³-hybridized carbons (Fsp3) is 0.500. The molecule has 0 saturated heterocycles. The van der Waals surface area contributed by atoms with Gasteiger partial charge in [-0.05, 0) is 54.4 Å². The molecular weight excluding hydrogens is 560 g/mol. The summed E-state index contributed by atoms with van der Waals surface area (Å²) in [5.41, 5.74) is 1.34. The molecule has 1 fully saturated rings. The molecule has 1 aliphatic carbocycles. The number of carboxylic acid groups (broad SMARTS) is 1. The summed E-state index contributed by atoms with van der Waals surface area (Å²) in [5.74, 6) is -0.753. The maximum absolute atomic E-state index is 13.9. The Morgan fingerprint density at radius 2 is 1.71 bits per heavy atom. The molecular formula is C30H42N4O7S. The standard InChI is InChI=1S/C30H42N4O7S/c1-3-21(2)28(33-30(37)38)29(36)32-26(17-22-9-5-4-6-10-22)27(35)20-34(19-24-11-7-8-12-24)42(40,41)25-15-13-23(14-16-25)18-31-39/h4-6,9-10,13-16,18,21,24,26-28,33,35,39H,3,7-8,11-12,17,19-20H2,1-2H3,(H,32,36)(H,37,38)/b31-18+/t21-,26-,27+,28-/m0/s1. The third-order valence-electron chi connectivity index (χ3n) is 7.92. The Bertz CT molecular complexity index is 1280. The highest BCUT2D eigenvalue weighted by Gasteiger charge is 2.35. The number of benzene rings is 2. The number of amides is 2. The van der Waals surface area contributed by atoms with Gasteiger partial charge < -0.3 is 26.1 Å². The second-order valence-electron chi connectivity index (χ2n) is 11.0. The normalized spacial score (nSPS) is 17.1. The summed E-state index contributed by atoms with van der Waals surface area (Å²) in [6.07, 6.45) is 3.10. The minimum atomic E-state index is -4.04. The van der Waals surface area contributed by atoms with Crippen LogP contribution in [0.5, 0.6) is 0 Å². The SMILES string of the molecule is CC[C@H](C)[C@H](NC(=O)O)C(=O)N[C@@H](Cc1ccccc1)[C@H](O)CN(CC1CCCC1)S(=O)(=O)c1ccc(/C=N/O)cc1. The average molecular weight is 603 g/mol. The fourth-order valence-corrected chi connectivity index (χ4v) is 6.82. The molecule has 0 unspecified atom stereocenters. The first-order valence-electron chi connectivity index (χ1n) is 14.3. The molecule has 11 nitrogen and oxygen atoms in total. The van der Waals surface area contributed by atoms with E-state index in [1.807, 2.05) is 37.3 Å². The van der Waals surface area contributed by atoms with Crippen molar-refractivity contribution < 1.29 is 33.4 Å². The van der Waals surface area contributed by atoms with E-state index in [0.717, 1.165) is 31.2 Å². The summed E-state index contributed by atoms with van der Waals surface area (Å²) in [6, 6.07) is 13.2. The highest BCUT2D eigenvalue weighted by Crippen LogP contribution is 2.28. The third kappa shape index (κ3) is 9.27. The predicted molar refractivity (Wildman–Crippen MR) is 159 cm³/mol. The highest BCUT2D eigenvalue weighted by molar-refractivity contribution is 7.89. The van der Waals surface area contributed by atoms with Gasteiger partial charge in [0, 0.05) is 13.1 Å². The Hall–Kier alpha value is -3.48. The van der Waals surface area contributed by atoms with Gasteiger partial charge in [0.05, 0.1) is 23.3 Å². The molecule has 0 bridgehead atoms. The molecule has 0 heterocycles. The molecule has 0 aliphatic heterocycles. The highest BCUT2D eigenvalue weighted by atomic mass is 32.2. The predicted octanol–water partition coefficient (Wildman–Crippen LogP) is 3.45. The monoisotopic (exact) mass is 602 g/mol. The van der Waals surface area contributed by atoms with Gasteiger partial charge in [-0.25, -0.2) is 13.2 Å². The smallest absolute Gasteiger partial charge is 0.405 e. The van der Waals surface area contributed by atoms with E-state index in [1.165, 1.54) is 34.8 Å². The average Bonchev–Trinajstić information content (AvgIpc) is 3.49. The van der Waals surface area contributed by atoms with E-state index in [0.29, 0.717) is 12.0 Å². The molecule has 0 radical (unpaired) electrons. The second kappa shape index (κ2) is 15.7. The van der Waals surface area contributed by atoms with Gasteiger partial charge in [-0.3, -0.25) is 4.79 Å². The van der Waals surface area contributed by atoms with Crippen LogP contribution >= 0.6 is 0 Å². The van der Waals surface area contributed by atoms with Crippen LogP contribution in [0.1, 0.15) is 57.1 Å². The lowest BCUT2D eigenvalue weighted by Crippen LogP contribution is -2.57. The van der Waals surface area contributed by atoms with E-state index < -0.39 is 40.2 Å². The minimum absolute atomic E-state index is 0.0360. The van der Waals surface area contributed by atoms with Crippen LogP contribution < -0.4 is 10.6 Å². The van der Waals surface area contributed by atoms with Crippen molar-refractivity contribution in [1.82, 2.24) is 14.9 Å². The fourth-order valence-electron chi connectivity index (χ4n) is 5.29. The molecule has 230 valence electrons. The van der Waals surface area contributed by atoms with E-state index in [2.05, 4.69) is 15.8 Å². The molecule has 12 heteroatoms. The number of hydrogen-bond donors (Lipinski definition) is 5. The maximum Gasteiger partial charge on any atom is 0.405 e. The van der Waals surface area contributed by atoms with Crippen LogP contribution in [-0.2, 0) is 21.2 Å². The van der Waals surface area contributed by atoms with Crippen molar-refractivity contribution in [2.45, 2.75) is 75.5 Å². The van der Waals surface area contributed by atoms with Crippen LogP contribution in [0.3, 0.4) is 0 Å². The number of aliphatic hydroxyl groups excluding tert-OH is 1. The Kier molecular flexibility index (Phi) is 12.3. The summed E-state index contributed by atoms with van der Waals surface area (Å²) in [7, 11) is -4.04. The summed E-state index contributed by atoms with van der Waals surface area (Å²) >= 11 is 0. The lowest BCUT2D eigenvalue weighted by Gasteiger charge is -2.32. The first-order valence-corrected chi connectivity index (χ1v) is 15.8. The molecule has 3 rings (SSSR count). The molecule has 0 aromatic heterocycles. The summed E-state index contributed by atoms with van der Waals surface area (Å²) in [4.78, 5) is 24.8. The number of oxime groups is 1. The van der Waals surface area contributed by atoms with Gasteiger partial charge in [0.15, 0.2) is 0 Å². The van der Waals surface area contributed by atoms with Gasteiger partial charge in [-0.15, -0.1) is 0 Å². The Labute approximate surface area is 247 Å². The summed E-state index contributed by atoms with van der Waals surface area (Å²) < 4.78 is 29.0. The van der Waals surface area contributed by atoms with Crippen LogP contribution in [0.25, 0.3) is 0 Å². The van der Waals surface area contributed by atoms with E-state index in [1.54, 1.807) is 6.92 Å². The lowest BCUT2D eigenvalue weighted by molar-refractivity contribution is -0.125. The van der Waals surface area contributed by atoms with Crippen LogP contribution in [0.4, 0.5) is 4.79 Å².